The van der Waals surface area contributed by atoms with Crippen LogP contribution in [0.3, 0.4) is 0 Å². The topological polar surface area (TPSA) is 51.2 Å². The van der Waals surface area contributed by atoms with E-state index >= 15 is 0 Å². The predicted octanol–water partition coefficient (Wildman–Crippen LogP) is 3.29. The molecule has 1 aromatic carbocycles. The molecule has 0 saturated heterocycles. The minimum Gasteiger partial charge on any atom is -0.465 e. The van der Waals surface area contributed by atoms with Gasteiger partial charge in [-0.2, -0.15) is 0 Å². The molecule has 0 radical (unpaired) electrons. The maximum absolute atomic E-state index is 11.6. The minimum absolute atomic E-state index is 0.327. The number of rotatable bonds is 3. The van der Waals surface area contributed by atoms with Gasteiger partial charge in [0.2, 0.25) is 0 Å². The van der Waals surface area contributed by atoms with Gasteiger partial charge in [0.05, 0.1) is 18.4 Å². The number of benzene rings is 1. The molecule has 0 aliphatic heterocycles. The van der Waals surface area contributed by atoms with Gasteiger partial charge in [-0.05, 0) is 31.5 Å². The van der Waals surface area contributed by atoms with Gasteiger partial charge in [-0.25, -0.2) is 9.78 Å². The highest BCUT2D eigenvalue weighted by Gasteiger charge is 2.10. The van der Waals surface area contributed by atoms with Crippen molar-refractivity contribution in [2.45, 2.75) is 13.8 Å². The SMILES string of the molecule is COC(=O)c1cc(Nc2nc(C)cs2)ccc1C. The molecule has 1 N–H and O–H groups in total. The second kappa shape index (κ2) is 5.18. The van der Waals surface area contributed by atoms with Crippen molar-refractivity contribution in [2.75, 3.05) is 12.4 Å². The van der Waals surface area contributed by atoms with Crippen molar-refractivity contribution in [3.05, 3.63) is 40.4 Å². The summed E-state index contributed by atoms with van der Waals surface area (Å²) in [4.78, 5) is 15.9. The largest absolute Gasteiger partial charge is 0.465 e. The van der Waals surface area contributed by atoms with Crippen molar-refractivity contribution < 1.29 is 9.53 Å². The number of hydrogen-bond donors (Lipinski definition) is 1. The van der Waals surface area contributed by atoms with E-state index in [1.807, 2.05) is 31.4 Å². The van der Waals surface area contributed by atoms with Crippen LogP contribution in [0, 0.1) is 13.8 Å². The Labute approximate surface area is 110 Å². The molecule has 0 unspecified atom stereocenters. The van der Waals surface area contributed by atoms with E-state index in [1.165, 1.54) is 18.4 Å². The lowest BCUT2D eigenvalue weighted by molar-refractivity contribution is 0.0600. The molecular weight excluding hydrogens is 248 g/mol. The zero-order chi connectivity index (χ0) is 13.1. The predicted molar refractivity (Wildman–Crippen MR) is 72.7 cm³/mol. The van der Waals surface area contributed by atoms with Gasteiger partial charge in [-0.3, -0.25) is 0 Å². The van der Waals surface area contributed by atoms with Crippen LogP contribution in [0.15, 0.2) is 23.6 Å². The Hall–Kier alpha value is -1.88. The minimum atomic E-state index is -0.327. The first kappa shape index (κ1) is 12.6. The fourth-order valence-corrected chi connectivity index (χ4v) is 2.27. The molecule has 0 spiro atoms. The fourth-order valence-electron chi connectivity index (χ4n) is 1.56. The van der Waals surface area contributed by atoms with Crippen LogP contribution in [-0.2, 0) is 4.74 Å². The highest BCUT2D eigenvalue weighted by molar-refractivity contribution is 7.13. The van der Waals surface area contributed by atoms with Gasteiger partial charge in [-0.15, -0.1) is 11.3 Å². The molecule has 0 aliphatic rings. The quantitative estimate of drug-likeness (QED) is 0.862. The Bertz CT molecular complexity index is 578. The van der Waals surface area contributed by atoms with Gasteiger partial charge in [0.25, 0.3) is 0 Å². The van der Waals surface area contributed by atoms with Crippen LogP contribution < -0.4 is 5.32 Å². The zero-order valence-corrected chi connectivity index (χ0v) is 11.3. The summed E-state index contributed by atoms with van der Waals surface area (Å²) in [5.41, 5.74) is 3.26. The average Bonchev–Trinajstić information content (AvgIpc) is 2.76. The lowest BCUT2D eigenvalue weighted by Gasteiger charge is -2.07. The van der Waals surface area contributed by atoms with Crippen LogP contribution >= 0.6 is 11.3 Å². The number of methoxy groups -OCH3 is 1. The summed E-state index contributed by atoms with van der Waals surface area (Å²) in [6.45, 7) is 3.82. The summed E-state index contributed by atoms with van der Waals surface area (Å²) >= 11 is 1.53. The molecule has 0 fully saturated rings. The first-order valence-electron chi connectivity index (χ1n) is 5.48. The number of carbonyl (C=O) groups excluding carboxylic acids is 1. The molecule has 5 heteroatoms. The Morgan fingerprint density at radius 2 is 2.17 bits per heavy atom. The molecular formula is C13H14N2O2S. The van der Waals surface area contributed by atoms with Crippen molar-refractivity contribution >= 4 is 28.1 Å². The van der Waals surface area contributed by atoms with E-state index in [2.05, 4.69) is 10.3 Å². The molecule has 2 aromatic rings. The molecule has 4 nitrogen and oxygen atoms in total. The van der Waals surface area contributed by atoms with Crippen molar-refractivity contribution in [2.24, 2.45) is 0 Å². The highest BCUT2D eigenvalue weighted by Crippen LogP contribution is 2.23. The first-order chi connectivity index (χ1) is 8.60. The Balaban J connectivity index is 2.27. The molecule has 94 valence electrons. The third kappa shape index (κ3) is 2.68. The maximum atomic E-state index is 11.6. The third-order valence-corrected chi connectivity index (χ3v) is 3.39. The Morgan fingerprint density at radius 1 is 1.39 bits per heavy atom. The average molecular weight is 262 g/mol. The summed E-state index contributed by atoms with van der Waals surface area (Å²) in [7, 11) is 1.38. The van der Waals surface area contributed by atoms with Gasteiger partial charge in [-0.1, -0.05) is 6.07 Å². The van der Waals surface area contributed by atoms with E-state index in [0.29, 0.717) is 5.56 Å². The second-order valence-corrected chi connectivity index (χ2v) is 4.80. The van der Waals surface area contributed by atoms with E-state index in [4.69, 9.17) is 4.74 Å². The van der Waals surface area contributed by atoms with Crippen molar-refractivity contribution in [1.29, 1.82) is 0 Å². The molecule has 0 bridgehead atoms. The Kier molecular flexibility index (Phi) is 3.62. The zero-order valence-electron chi connectivity index (χ0n) is 10.5. The molecule has 1 aromatic heterocycles. The normalized spacial score (nSPS) is 10.2. The Morgan fingerprint density at radius 3 is 2.78 bits per heavy atom. The van der Waals surface area contributed by atoms with E-state index < -0.39 is 0 Å². The summed E-state index contributed by atoms with van der Waals surface area (Å²) in [5.74, 6) is -0.327. The van der Waals surface area contributed by atoms with Crippen molar-refractivity contribution in [3.8, 4) is 0 Å². The van der Waals surface area contributed by atoms with Crippen LogP contribution in [0.1, 0.15) is 21.6 Å². The molecule has 0 atom stereocenters. The molecule has 1 heterocycles. The van der Waals surface area contributed by atoms with Crippen molar-refractivity contribution in [1.82, 2.24) is 4.98 Å². The monoisotopic (exact) mass is 262 g/mol. The van der Waals surface area contributed by atoms with E-state index in [9.17, 15) is 4.79 Å². The number of nitrogens with zero attached hydrogens (tertiary/aromatic N) is 1. The maximum Gasteiger partial charge on any atom is 0.338 e. The third-order valence-electron chi connectivity index (χ3n) is 2.51. The standard InChI is InChI=1S/C13H14N2O2S/c1-8-4-5-10(6-11(8)12(16)17-3)15-13-14-9(2)7-18-13/h4-7H,1-3H3,(H,14,15). The lowest BCUT2D eigenvalue weighted by Crippen LogP contribution is -2.04. The smallest absolute Gasteiger partial charge is 0.338 e. The number of nitrogens with one attached hydrogen (secondary N) is 1. The number of hydrogen-bond acceptors (Lipinski definition) is 5. The summed E-state index contributed by atoms with van der Waals surface area (Å²) < 4.78 is 4.75. The number of anilines is 2. The highest BCUT2D eigenvalue weighted by atomic mass is 32.1. The summed E-state index contributed by atoms with van der Waals surface area (Å²) in [5, 5.41) is 5.95. The first-order valence-corrected chi connectivity index (χ1v) is 6.36. The molecule has 0 aliphatic carbocycles. The van der Waals surface area contributed by atoms with Gasteiger partial charge in [0.1, 0.15) is 0 Å². The molecule has 0 amide bonds. The van der Waals surface area contributed by atoms with Gasteiger partial charge in [0.15, 0.2) is 5.13 Å². The van der Waals surface area contributed by atoms with Crippen LogP contribution in [0.2, 0.25) is 0 Å². The fraction of sp³-hybridized carbons (Fsp3) is 0.231. The number of esters is 1. The second-order valence-electron chi connectivity index (χ2n) is 3.94. The van der Waals surface area contributed by atoms with Gasteiger partial charge in [0, 0.05) is 11.1 Å². The number of ether oxygens (including phenoxy) is 1. The molecule has 18 heavy (non-hydrogen) atoms. The van der Waals surface area contributed by atoms with Crippen molar-refractivity contribution in [3.63, 3.8) is 0 Å². The number of aromatic nitrogens is 1. The lowest BCUT2D eigenvalue weighted by atomic mass is 10.1. The van der Waals surface area contributed by atoms with Gasteiger partial charge >= 0.3 is 5.97 Å². The summed E-state index contributed by atoms with van der Waals surface area (Å²) in [6.07, 6.45) is 0. The van der Waals surface area contributed by atoms with E-state index in [0.717, 1.165) is 22.1 Å². The van der Waals surface area contributed by atoms with Crippen LogP contribution in [0.5, 0.6) is 0 Å². The van der Waals surface area contributed by atoms with E-state index in [1.54, 1.807) is 6.07 Å². The van der Waals surface area contributed by atoms with Gasteiger partial charge < -0.3 is 10.1 Å². The molecule has 0 saturated carbocycles. The van der Waals surface area contributed by atoms with Crippen LogP contribution in [0.4, 0.5) is 10.8 Å². The number of thiazole rings is 1. The van der Waals surface area contributed by atoms with E-state index in [-0.39, 0.29) is 5.97 Å². The summed E-state index contributed by atoms with van der Waals surface area (Å²) in [6, 6.07) is 5.57. The number of carbonyl (C=O) groups is 1. The van der Waals surface area contributed by atoms with Crippen LogP contribution in [-0.4, -0.2) is 18.1 Å². The number of aryl methyl sites for hydroxylation is 2. The molecule has 2 rings (SSSR count). The van der Waals surface area contributed by atoms with Crippen LogP contribution in [0.25, 0.3) is 0 Å².